The Balaban J connectivity index is 1.40. The van der Waals surface area contributed by atoms with Gasteiger partial charge in [0.25, 0.3) is 0 Å². The normalized spacial score (nSPS) is 46.7. The van der Waals surface area contributed by atoms with Crippen molar-refractivity contribution in [2.24, 2.45) is 56.7 Å². The summed E-state index contributed by atoms with van der Waals surface area (Å²) in [7, 11) is 4.11. The highest BCUT2D eigenvalue weighted by Gasteiger charge is 2.71. The maximum absolute atomic E-state index is 14.2. The van der Waals surface area contributed by atoms with Crippen LogP contribution in [-0.2, 0) is 9.53 Å². The highest BCUT2D eigenvalue weighted by molar-refractivity contribution is 5.83. The number of nitrogens with one attached hydrogen (secondary N) is 1. The van der Waals surface area contributed by atoms with Crippen LogP contribution in [-0.4, -0.2) is 62.4 Å². The molecule has 5 aliphatic rings. The first-order valence-corrected chi connectivity index (χ1v) is 17.0. The van der Waals surface area contributed by atoms with Gasteiger partial charge < -0.3 is 20.1 Å². The second kappa shape index (κ2) is 10.9. The number of hydrogen-bond acceptors (Lipinski definition) is 4. The molecule has 5 aliphatic carbocycles. The van der Waals surface area contributed by atoms with Gasteiger partial charge in [0.1, 0.15) is 0 Å². The standard InChI is InChI=1S/C36H62N2O3/c1-24(2)25-12-17-36(31(40)37-20-22-41-23-21-38(8)9)19-18-34(6)26(30(25)36)10-11-28-33(5)15-14-29(39)32(3,4)27(33)13-16-35(28,34)7/h25-30,39H,1,10-23H2,2-9H3,(H,37,40)/t25-,26+,27-,28+,29-,30+,33-,34+,35+,36-/m0/s1. The first-order chi connectivity index (χ1) is 19.1. The molecule has 0 heterocycles. The monoisotopic (exact) mass is 570 g/mol. The van der Waals surface area contributed by atoms with E-state index in [4.69, 9.17) is 4.74 Å². The second-order valence-electron chi connectivity index (χ2n) is 16.9. The van der Waals surface area contributed by atoms with Gasteiger partial charge in [0.15, 0.2) is 0 Å². The molecule has 5 saturated carbocycles. The summed E-state index contributed by atoms with van der Waals surface area (Å²) in [6, 6.07) is 0. The van der Waals surface area contributed by atoms with Gasteiger partial charge >= 0.3 is 0 Å². The molecular weight excluding hydrogens is 508 g/mol. The Hall–Kier alpha value is -0.910. The van der Waals surface area contributed by atoms with E-state index < -0.39 is 0 Å². The van der Waals surface area contributed by atoms with Gasteiger partial charge in [-0.15, -0.1) is 0 Å². The maximum Gasteiger partial charge on any atom is 0.226 e. The molecule has 0 aromatic rings. The molecule has 0 unspecified atom stereocenters. The smallest absolute Gasteiger partial charge is 0.226 e. The Bertz CT molecular complexity index is 1010. The number of hydrogen-bond donors (Lipinski definition) is 2. The lowest BCUT2D eigenvalue weighted by Crippen LogP contribution is -2.67. The fraction of sp³-hybridized carbons (Fsp3) is 0.917. The van der Waals surface area contributed by atoms with Crippen LogP contribution in [0, 0.1) is 56.7 Å². The van der Waals surface area contributed by atoms with E-state index in [1.165, 1.54) is 31.3 Å². The van der Waals surface area contributed by atoms with Crippen molar-refractivity contribution in [3.8, 4) is 0 Å². The third kappa shape index (κ3) is 4.69. The van der Waals surface area contributed by atoms with Gasteiger partial charge in [-0.1, -0.05) is 46.8 Å². The SMILES string of the molecule is C=C(C)[C@@H]1CC[C@]2(C(=O)NCCOCCN(C)C)CC[C@]3(C)[C@H](CC[C@@H]4[C@@]5(C)CC[C@H](O)C(C)(C)[C@@H]5CC[C@]43C)[C@@H]12. The number of aliphatic hydroxyl groups excluding tert-OH is 1. The molecule has 5 fully saturated rings. The number of carbonyl (C=O) groups excluding carboxylic acids is 1. The Morgan fingerprint density at radius 2 is 1.63 bits per heavy atom. The predicted molar refractivity (Wildman–Crippen MR) is 167 cm³/mol. The number of allylic oxidation sites excluding steroid dienone is 1. The molecule has 234 valence electrons. The Morgan fingerprint density at radius 1 is 0.902 bits per heavy atom. The molecule has 0 bridgehead atoms. The molecule has 0 radical (unpaired) electrons. The summed E-state index contributed by atoms with van der Waals surface area (Å²) in [5.74, 6) is 2.95. The van der Waals surface area contributed by atoms with Gasteiger partial charge in [0.05, 0.1) is 24.7 Å². The molecule has 5 heteroatoms. The quantitative estimate of drug-likeness (QED) is 0.252. The molecule has 0 saturated heterocycles. The van der Waals surface area contributed by atoms with E-state index in [1.807, 2.05) is 0 Å². The summed E-state index contributed by atoms with van der Waals surface area (Å²) in [4.78, 5) is 16.3. The summed E-state index contributed by atoms with van der Waals surface area (Å²) in [5, 5.41) is 14.4. The van der Waals surface area contributed by atoms with Crippen LogP contribution in [0.25, 0.3) is 0 Å². The summed E-state index contributed by atoms with van der Waals surface area (Å²) in [6.07, 6.45) is 11.2. The van der Waals surface area contributed by atoms with Crippen LogP contribution < -0.4 is 5.32 Å². The zero-order valence-electron chi connectivity index (χ0n) is 27.8. The molecule has 0 aromatic heterocycles. The van der Waals surface area contributed by atoms with Crippen molar-refractivity contribution < 1.29 is 14.6 Å². The highest BCUT2D eigenvalue weighted by Crippen LogP contribution is 2.77. The Kier molecular flexibility index (Phi) is 8.39. The van der Waals surface area contributed by atoms with E-state index in [2.05, 4.69) is 72.4 Å². The van der Waals surface area contributed by atoms with Gasteiger partial charge in [-0.05, 0) is 136 Å². The third-order valence-corrected chi connectivity index (χ3v) is 14.7. The van der Waals surface area contributed by atoms with Crippen LogP contribution in [0.2, 0.25) is 0 Å². The molecule has 5 rings (SSSR count). The van der Waals surface area contributed by atoms with Gasteiger partial charge in [-0.3, -0.25) is 4.79 Å². The lowest BCUT2D eigenvalue weighted by molar-refractivity contribution is -0.246. The number of fused-ring (bicyclic) bond motifs is 7. The molecule has 5 nitrogen and oxygen atoms in total. The molecule has 41 heavy (non-hydrogen) atoms. The van der Waals surface area contributed by atoms with E-state index in [1.54, 1.807) is 0 Å². The molecule has 2 N–H and O–H groups in total. The summed E-state index contributed by atoms with van der Waals surface area (Å²) >= 11 is 0. The number of rotatable bonds is 8. The van der Waals surface area contributed by atoms with Gasteiger partial charge in [0, 0.05) is 13.1 Å². The summed E-state index contributed by atoms with van der Waals surface area (Å²) < 4.78 is 5.81. The summed E-state index contributed by atoms with van der Waals surface area (Å²) in [5.41, 5.74) is 1.78. The van der Waals surface area contributed by atoms with Crippen molar-refractivity contribution >= 4 is 5.91 Å². The van der Waals surface area contributed by atoms with Crippen molar-refractivity contribution in [2.45, 2.75) is 112 Å². The first-order valence-electron chi connectivity index (χ1n) is 17.0. The minimum Gasteiger partial charge on any atom is -0.393 e. The average Bonchev–Trinajstić information content (AvgIpc) is 3.30. The van der Waals surface area contributed by atoms with Crippen LogP contribution in [0.4, 0.5) is 0 Å². The van der Waals surface area contributed by atoms with Crippen molar-refractivity contribution in [2.75, 3.05) is 40.4 Å². The number of aliphatic hydroxyl groups is 1. The van der Waals surface area contributed by atoms with E-state index in [-0.39, 0.29) is 39.1 Å². The fourth-order valence-corrected chi connectivity index (χ4v) is 12.3. The van der Waals surface area contributed by atoms with Crippen molar-refractivity contribution in [3.05, 3.63) is 12.2 Å². The van der Waals surface area contributed by atoms with Crippen molar-refractivity contribution in [1.82, 2.24) is 10.2 Å². The van der Waals surface area contributed by atoms with Crippen molar-refractivity contribution in [3.63, 3.8) is 0 Å². The van der Waals surface area contributed by atoms with Gasteiger partial charge in [0.2, 0.25) is 5.91 Å². The van der Waals surface area contributed by atoms with E-state index in [0.29, 0.717) is 49.3 Å². The Morgan fingerprint density at radius 3 is 2.32 bits per heavy atom. The molecule has 0 spiro atoms. The average molecular weight is 571 g/mol. The molecule has 1 amide bonds. The van der Waals surface area contributed by atoms with Crippen LogP contribution in [0.5, 0.6) is 0 Å². The second-order valence-corrected chi connectivity index (χ2v) is 16.9. The number of amides is 1. The molecular formula is C36H62N2O3. The van der Waals surface area contributed by atoms with E-state index in [9.17, 15) is 9.90 Å². The van der Waals surface area contributed by atoms with Crippen LogP contribution in [0.15, 0.2) is 12.2 Å². The molecule has 10 atom stereocenters. The first kappa shape index (κ1) is 31.5. The lowest BCUT2D eigenvalue weighted by Gasteiger charge is -2.72. The van der Waals surface area contributed by atoms with Gasteiger partial charge in [-0.25, -0.2) is 0 Å². The third-order valence-electron chi connectivity index (χ3n) is 14.7. The van der Waals surface area contributed by atoms with Crippen LogP contribution >= 0.6 is 0 Å². The number of nitrogens with zero attached hydrogens (tertiary/aromatic N) is 1. The van der Waals surface area contributed by atoms with E-state index in [0.717, 1.165) is 45.1 Å². The topological polar surface area (TPSA) is 61.8 Å². The Labute approximate surface area is 251 Å². The molecule has 0 aromatic carbocycles. The predicted octanol–water partition coefficient (Wildman–Crippen LogP) is 6.70. The fourth-order valence-electron chi connectivity index (χ4n) is 12.3. The van der Waals surface area contributed by atoms with Crippen molar-refractivity contribution in [1.29, 1.82) is 0 Å². The zero-order valence-corrected chi connectivity index (χ0v) is 27.8. The summed E-state index contributed by atoms with van der Waals surface area (Å²) in [6.45, 7) is 22.1. The van der Waals surface area contributed by atoms with E-state index >= 15 is 0 Å². The highest BCUT2D eigenvalue weighted by atomic mass is 16.5. The largest absolute Gasteiger partial charge is 0.393 e. The lowest BCUT2D eigenvalue weighted by atomic mass is 9.32. The van der Waals surface area contributed by atoms with Crippen LogP contribution in [0.3, 0.4) is 0 Å². The number of carbonyl (C=O) groups is 1. The number of ether oxygens (including phenoxy) is 1. The van der Waals surface area contributed by atoms with Crippen LogP contribution in [0.1, 0.15) is 106 Å². The minimum absolute atomic E-state index is 0.0153. The maximum atomic E-state index is 14.2. The molecule has 0 aliphatic heterocycles. The zero-order chi connectivity index (χ0) is 30.0. The van der Waals surface area contributed by atoms with Gasteiger partial charge in [-0.2, -0.15) is 0 Å². The minimum atomic E-state index is -0.265. The number of likely N-dealkylation sites (N-methyl/N-ethyl adjacent to an activating group) is 1.